The third kappa shape index (κ3) is 3.99. The van der Waals surface area contributed by atoms with E-state index in [2.05, 4.69) is 56.1 Å². The Balaban J connectivity index is 2.18. The summed E-state index contributed by atoms with van der Waals surface area (Å²) in [4.78, 5) is 2.60. The van der Waals surface area contributed by atoms with Gasteiger partial charge in [-0.1, -0.05) is 38.5 Å². The van der Waals surface area contributed by atoms with Crippen LogP contribution in [0.1, 0.15) is 51.2 Å². The van der Waals surface area contributed by atoms with Crippen LogP contribution in [0.4, 0.5) is 5.69 Å². The van der Waals surface area contributed by atoms with Crippen LogP contribution < -0.4 is 10.2 Å². The lowest BCUT2D eigenvalue weighted by atomic mass is 9.85. The van der Waals surface area contributed by atoms with Crippen molar-refractivity contribution in [2.24, 2.45) is 5.41 Å². The van der Waals surface area contributed by atoms with E-state index in [9.17, 15) is 0 Å². The largest absolute Gasteiger partial charge is 0.371 e. The Hall–Kier alpha value is -1.02. The Kier molecular flexibility index (Phi) is 5.09. The van der Waals surface area contributed by atoms with Crippen molar-refractivity contribution >= 4 is 5.69 Å². The van der Waals surface area contributed by atoms with Gasteiger partial charge in [0.15, 0.2) is 0 Å². The van der Waals surface area contributed by atoms with Gasteiger partial charge in [0.05, 0.1) is 0 Å². The van der Waals surface area contributed by atoms with Crippen molar-refractivity contribution in [3.05, 3.63) is 29.3 Å². The summed E-state index contributed by atoms with van der Waals surface area (Å²) >= 11 is 0. The van der Waals surface area contributed by atoms with Gasteiger partial charge in [-0.05, 0) is 49.8 Å². The number of benzene rings is 1. The number of aryl methyl sites for hydroxylation is 1. The molecular formula is C18H30N2. The maximum Gasteiger partial charge on any atom is 0.0412 e. The van der Waals surface area contributed by atoms with Gasteiger partial charge in [0, 0.05) is 25.3 Å². The molecule has 0 atom stereocenters. The molecule has 2 nitrogen and oxygen atoms in total. The highest BCUT2D eigenvalue weighted by Gasteiger charge is 2.23. The van der Waals surface area contributed by atoms with Crippen molar-refractivity contribution in [1.29, 1.82) is 0 Å². The molecule has 1 heterocycles. The Morgan fingerprint density at radius 2 is 2.00 bits per heavy atom. The summed E-state index contributed by atoms with van der Waals surface area (Å²) in [6, 6.07) is 6.91. The van der Waals surface area contributed by atoms with Gasteiger partial charge in [0.25, 0.3) is 0 Å². The van der Waals surface area contributed by atoms with Crippen molar-refractivity contribution < 1.29 is 0 Å². The summed E-state index contributed by atoms with van der Waals surface area (Å²) in [7, 11) is 0. The summed E-state index contributed by atoms with van der Waals surface area (Å²) in [6.45, 7) is 13.6. The van der Waals surface area contributed by atoms with Crippen molar-refractivity contribution in [1.82, 2.24) is 5.32 Å². The zero-order valence-electron chi connectivity index (χ0n) is 13.6. The molecule has 0 aromatic heterocycles. The molecule has 1 N–H and O–H groups in total. The molecule has 0 aliphatic carbocycles. The third-order valence-corrected chi connectivity index (χ3v) is 4.48. The summed E-state index contributed by atoms with van der Waals surface area (Å²) in [6.07, 6.45) is 3.95. The van der Waals surface area contributed by atoms with Crippen molar-refractivity contribution in [3.63, 3.8) is 0 Å². The highest BCUT2D eigenvalue weighted by atomic mass is 15.1. The number of hydrogen-bond donors (Lipinski definition) is 1. The van der Waals surface area contributed by atoms with Crippen molar-refractivity contribution in [2.45, 2.75) is 53.5 Å². The lowest BCUT2D eigenvalue weighted by molar-refractivity contribution is 0.325. The molecule has 1 fully saturated rings. The first-order valence-corrected chi connectivity index (χ1v) is 8.07. The molecule has 1 aliphatic rings. The highest BCUT2D eigenvalue weighted by molar-refractivity contribution is 5.55. The topological polar surface area (TPSA) is 15.3 Å². The molecule has 0 bridgehead atoms. The van der Waals surface area contributed by atoms with Crippen LogP contribution in [0.2, 0.25) is 0 Å². The zero-order chi connectivity index (χ0) is 14.6. The van der Waals surface area contributed by atoms with Crippen LogP contribution in [-0.4, -0.2) is 19.6 Å². The minimum atomic E-state index is 0.501. The van der Waals surface area contributed by atoms with Gasteiger partial charge in [-0.25, -0.2) is 0 Å². The lowest BCUT2D eigenvalue weighted by Crippen LogP contribution is -2.27. The van der Waals surface area contributed by atoms with Crippen LogP contribution in [0, 0.1) is 12.3 Å². The first-order valence-electron chi connectivity index (χ1n) is 8.07. The molecule has 0 unspecified atom stereocenters. The van der Waals surface area contributed by atoms with E-state index in [1.54, 1.807) is 0 Å². The van der Waals surface area contributed by atoms with E-state index in [0.717, 1.165) is 13.1 Å². The minimum absolute atomic E-state index is 0.501. The average molecular weight is 274 g/mol. The average Bonchev–Trinajstić information content (AvgIpc) is 2.58. The fourth-order valence-corrected chi connectivity index (χ4v) is 3.09. The molecule has 2 rings (SSSR count). The standard InChI is InChI=1S/C18H30N2/c1-5-19-14-16-13-15(2)7-8-17(16)20-11-6-9-18(3,4)10-12-20/h7-8,13,19H,5-6,9-12,14H2,1-4H3. The van der Waals surface area contributed by atoms with Crippen LogP contribution in [0.15, 0.2) is 18.2 Å². The normalized spacial score (nSPS) is 18.9. The fraction of sp³-hybridized carbons (Fsp3) is 0.667. The fourth-order valence-electron chi connectivity index (χ4n) is 3.09. The first kappa shape index (κ1) is 15.4. The third-order valence-electron chi connectivity index (χ3n) is 4.48. The van der Waals surface area contributed by atoms with Crippen LogP contribution in [0.3, 0.4) is 0 Å². The maximum absolute atomic E-state index is 3.48. The Labute approximate surface area is 124 Å². The molecule has 20 heavy (non-hydrogen) atoms. The molecule has 1 saturated heterocycles. The van der Waals surface area contributed by atoms with E-state index in [0.29, 0.717) is 5.41 Å². The SMILES string of the molecule is CCNCc1cc(C)ccc1N1CCCC(C)(C)CC1. The lowest BCUT2D eigenvalue weighted by Gasteiger charge is -2.27. The molecule has 112 valence electrons. The summed E-state index contributed by atoms with van der Waals surface area (Å²) in [5.41, 5.74) is 4.75. The van der Waals surface area contributed by atoms with E-state index >= 15 is 0 Å². The number of anilines is 1. The highest BCUT2D eigenvalue weighted by Crippen LogP contribution is 2.33. The van der Waals surface area contributed by atoms with Crippen LogP contribution in [0.5, 0.6) is 0 Å². The number of hydrogen-bond acceptors (Lipinski definition) is 2. The monoisotopic (exact) mass is 274 g/mol. The Bertz CT molecular complexity index is 437. The van der Waals surface area contributed by atoms with E-state index in [4.69, 9.17) is 0 Å². The Morgan fingerprint density at radius 3 is 2.75 bits per heavy atom. The second-order valence-electron chi connectivity index (χ2n) is 6.92. The predicted octanol–water partition coefficient (Wildman–Crippen LogP) is 4.12. The van der Waals surface area contributed by atoms with Gasteiger partial charge in [0.2, 0.25) is 0 Å². The van der Waals surface area contributed by atoms with E-state index in [1.165, 1.54) is 49.2 Å². The van der Waals surface area contributed by atoms with Crippen LogP contribution in [-0.2, 0) is 6.54 Å². The first-order chi connectivity index (χ1) is 9.52. The second-order valence-corrected chi connectivity index (χ2v) is 6.92. The second kappa shape index (κ2) is 6.62. The van der Waals surface area contributed by atoms with Gasteiger partial charge >= 0.3 is 0 Å². The van der Waals surface area contributed by atoms with E-state index in [1.807, 2.05) is 0 Å². The van der Waals surface area contributed by atoms with E-state index in [-0.39, 0.29) is 0 Å². The molecule has 1 aromatic carbocycles. The van der Waals surface area contributed by atoms with Gasteiger partial charge in [-0.3, -0.25) is 0 Å². The number of nitrogens with one attached hydrogen (secondary N) is 1. The van der Waals surface area contributed by atoms with Gasteiger partial charge in [0.1, 0.15) is 0 Å². The van der Waals surface area contributed by atoms with Gasteiger partial charge in [-0.15, -0.1) is 0 Å². The molecule has 0 amide bonds. The molecular weight excluding hydrogens is 244 g/mol. The van der Waals surface area contributed by atoms with Crippen molar-refractivity contribution in [3.8, 4) is 0 Å². The summed E-state index contributed by atoms with van der Waals surface area (Å²) in [5.74, 6) is 0. The molecule has 0 spiro atoms. The van der Waals surface area contributed by atoms with Gasteiger partial charge in [-0.2, -0.15) is 0 Å². The van der Waals surface area contributed by atoms with Crippen LogP contribution >= 0.6 is 0 Å². The summed E-state index contributed by atoms with van der Waals surface area (Å²) < 4.78 is 0. The smallest absolute Gasteiger partial charge is 0.0412 e. The minimum Gasteiger partial charge on any atom is -0.371 e. The molecule has 1 aliphatic heterocycles. The Morgan fingerprint density at radius 1 is 1.20 bits per heavy atom. The molecule has 1 aromatic rings. The van der Waals surface area contributed by atoms with E-state index < -0.39 is 0 Å². The molecule has 0 radical (unpaired) electrons. The van der Waals surface area contributed by atoms with Crippen molar-refractivity contribution in [2.75, 3.05) is 24.5 Å². The molecule has 0 saturated carbocycles. The molecule has 2 heteroatoms. The number of rotatable bonds is 4. The van der Waals surface area contributed by atoms with Gasteiger partial charge < -0.3 is 10.2 Å². The van der Waals surface area contributed by atoms with Crippen LogP contribution in [0.25, 0.3) is 0 Å². The maximum atomic E-state index is 3.48. The zero-order valence-corrected chi connectivity index (χ0v) is 13.6. The predicted molar refractivity (Wildman–Crippen MR) is 88.4 cm³/mol. The summed E-state index contributed by atoms with van der Waals surface area (Å²) in [5, 5.41) is 3.48. The quantitative estimate of drug-likeness (QED) is 0.888. The number of nitrogens with zero attached hydrogens (tertiary/aromatic N) is 1.